The van der Waals surface area contributed by atoms with Gasteiger partial charge >= 0.3 is 6.18 Å². The van der Waals surface area contributed by atoms with Crippen molar-refractivity contribution >= 4 is 30.9 Å². The summed E-state index contributed by atoms with van der Waals surface area (Å²) in [4.78, 5) is 23.7. The molecule has 0 saturated heterocycles. The van der Waals surface area contributed by atoms with Crippen molar-refractivity contribution in [1.82, 2.24) is 19.7 Å². The molecule has 8 nitrogen and oxygen atoms in total. The molecule has 0 saturated carbocycles. The molecule has 1 amide bonds. The molecule has 200 valence electrons. The first-order chi connectivity index (χ1) is 17.0. The highest BCUT2D eigenvalue weighted by Crippen LogP contribution is 2.37. The van der Waals surface area contributed by atoms with Gasteiger partial charge in [0, 0.05) is 19.7 Å². The third-order valence-electron chi connectivity index (χ3n) is 6.25. The summed E-state index contributed by atoms with van der Waals surface area (Å²) in [5.41, 5.74) is 1.91. The third kappa shape index (κ3) is 6.00. The van der Waals surface area contributed by atoms with Crippen molar-refractivity contribution in [2.45, 2.75) is 52.4 Å². The Kier molecular flexibility index (Phi) is 8.41. The first-order valence-corrected chi connectivity index (χ1v) is 11.6. The van der Waals surface area contributed by atoms with Crippen molar-refractivity contribution in [3.8, 4) is 5.75 Å². The van der Waals surface area contributed by atoms with Crippen LogP contribution in [0.2, 0.25) is 0 Å². The van der Waals surface area contributed by atoms with Crippen LogP contribution in [0.4, 0.5) is 24.7 Å². The number of aromatic nitrogens is 4. The summed E-state index contributed by atoms with van der Waals surface area (Å²) in [6, 6.07) is 3.69. The van der Waals surface area contributed by atoms with Crippen LogP contribution in [0.3, 0.4) is 0 Å². The van der Waals surface area contributed by atoms with Crippen LogP contribution in [-0.2, 0) is 30.4 Å². The molecule has 0 fully saturated rings. The van der Waals surface area contributed by atoms with E-state index in [-0.39, 0.29) is 43.7 Å². The third-order valence-corrected chi connectivity index (χ3v) is 6.25. The van der Waals surface area contributed by atoms with Crippen LogP contribution in [-0.4, -0.2) is 45.9 Å². The summed E-state index contributed by atoms with van der Waals surface area (Å²) in [6.45, 7) is 6.03. The lowest BCUT2D eigenvalue weighted by Gasteiger charge is -2.36. The van der Waals surface area contributed by atoms with Gasteiger partial charge in [-0.15, -0.1) is 0 Å². The van der Waals surface area contributed by atoms with E-state index in [1.807, 2.05) is 38.9 Å². The maximum absolute atomic E-state index is 13.3. The molecule has 1 aromatic carbocycles. The number of amides is 1. The molecule has 0 unspecified atom stereocenters. The van der Waals surface area contributed by atoms with Crippen LogP contribution >= 0.6 is 13.5 Å². The number of rotatable bonds is 7. The highest BCUT2D eigenvalue weighted by Gasteiger charge is 2.36. The zero-order valence-electron chi connectivity index (χ0n) is 21.3. The quantitative estimate of drug-likeness (QED) is 0.483. The second-order valence-electron chi connectivity index (χ2n) is 9.29. The summed E-state index contributed by atoms with van der Waals surface area (Å²) in [5, 5.41) is 7.24. The molecule has 0 bridgehead atoms. The number of ether oxygens (including phenoxy) is 1. The van der Waals surface area contributed by atoms with Gasteiger partial charge in [0.25, 0.3) is 0 Å². The average Bonchev–Trinajstić information content (AvgIpc) is 3.25. The SMILES string of the molecule is COc1ccc(Cn2cc(CCc3nc(C)c4c(n3)N(C)[C@@H](C(C)C)C(=O)N4)cn2)cc1C(F)(F)F.S. The molecule has 4 rings (SSSR count). The fourth-order valence-electron chi connectivity index (χ4n) is 4.52. The Bertz CT molecular complexity index is 1280. The van der Waals surface area contributed by atoms with E-state index in [1.165, 1.54) is 13.2 Å². The van der Waals surface area contributed by atoms with Crippen molar-refractivity contribution in [2.75, 3.05) is 24.4 Å². The number of hydrogen-bond acceptors (Lipinski definition) is 6. The second kappa shape index (κ2) is 11.0. The van der Waals surface area contributed by atoms with Crippen LogP contribution in [0.5, 0.6) is 5.75 Å². The minimum absolute atomic E-state index is 0. The van der Waals surface area contributed by atoms with E-state index < -0.39 is 11.7 Å². The molecule has 0 spiro atoms. The number of nitrogens with one attached hydrogen (secondary N) is 1. The van der Waals surface area contributed by atoms with Gasteiger partial charge in [0.1, 0.15) is 23.3 Å². The van der Waals surface area contributed by atoms with Crippen LogP contribution in [0.1, 0.15) is 42.1 Å². The number of nitrogens with zero attached hydrogens (tertiary/aromatic N) is 5. The number of hydrogen-bond donors (Lipinski definition) is 1. The molecule has 1 aliphatic rings. The molecule has 0 radical (unpaired) electrons. The molecule has 2 aromatic heterocycles. The van der Waals surface area contributed by atoms with Gasteiger partial charge in [-0.05, 0) is 42.5 Å². The molecule has 0 aliphatic carbocycles. The number of carbonyl (C=O) groups excluding carboxylic acids is 1. The standard InChI is InChI=1S/C25H29F3N6O2.H2S/c1-14(2)22-24(35)32-21-15(3)30-20(31-23(21)33(22)4)9-7-17-11-29-34(13-17)12-16-6-8-19(36-5)18(10-16)25(26,27)28;/h6,8,10-11,13-14,22H,7,9,12H2,1-5H3,(H,32,35);1H2/t22-;/m0./s1. The fraction of sp³-hybridized carbons (Fsp3) is 0.440. The smallest absolute Gasteiger partial charge is 0.419 e. The summed E-state index contributed by atoms with van der Waals surface area (Å²) in [5.74, 6) is 1.19. The zero-order chi connectivity index (χ0) is 26.2. The predicted octanol–water partition coefficient (Wildman–Crippen LogP) is 4.37. The van der Waals surface area contributed by atoms with Gasteiger partial charge in [0.05, 0.1) is 31.1 Å². The van der Waals surface area contributed by atoms with E-state index in [4.69, 9.17) is 9.72 Å². The number of benzene rings is 1. The average molecular weight is 537 g/mol. The largest absolute Gasteiger partial charge is 0.496 e. The Morgan fingerprint density at radius 3 is 2.54 bits per heavy atom. The van der Waals surface area contributed by atoms with Gasteiger partial charge in [-0.1, -0.05) is 19.9 Å². The van der Waals surface area contributed by atoms with Crippen LogP contribution < -0.4 is 15.0 Å². The monoisotopic (exact) mass is 536 g/mol. The van der Waals surface area contributed by atoms with Crippen molar-refractivity contribution in [1.29, 1.82) is 0 Å². The molecule has 1 N–H and O–H groups in total. The van der Waals surface area contributed by atoms with Gasteiger partial charge in [0.2, 0.25) is 5.91 Å². The first-order valence-electron chi connectivity index (χ1n) is 11.6. The molecule has 3 heterocycles. The van der Waals surface area contributed by atoms with Crippen molar-refractivity contribution in [2.24, 2.45) is 5.92 Å². The predicted molar refractivity (Wildman–Crippen MR) is 140 cm³/mol. The Morgan fingerprint density at radius 2 is 1.89 bits per heavy atom. The van der Waals surface area contributed by atoms with Crippen molar-refractivity contribution in [3.63, 3.8) is 0 Å². The maximum Gasteiger partial charge on any atom is 0.419 e. The highest BCUT2D eigenvalue weighted by molar-refractivity contribution is 7.59. The van der Waals surface area contributed by atoms with Gasteiger partial charge in [-0.25, -0.2) is 9.97 Å². The van der Waals surface area contributed by atoms with E-state index in [9.17, 15) is 18.0 Å². The lowest BCUT2D eigenvalue weighted by molar-refractivity contribution is -0.138. The van der Waals surface area contributed by atoms with Crippen LogP contribution in [0, 0.1) is 12.8 Å². The van der Waals surface area contributed by atoms with Gasteiger partial charge in [-0.2, -0.15) is 31.8 Å². The number of methoxy groups -OCH3 is 1. The van der Waals surface area contributed by atoms with E-state index in [1.54, 1.807) is 16.9 Å². The topological polar surface area (TPSA) is 85.2 Å². The van der Waals surface area contributed by atoms with Crippen molar-refractivity contribution in [3.05, 3.63) is 58.8 Å². The van der Waals surface area contributed by atoms with Gasteiger partial charge in [-0.3, -0.25) is 9.48 Å². The van der Waals surface area contributed by atoms with Crippen LogP contribution in [0.15, 0.2) is 30.6 Å². The molecule has 1 atom stereocenters. The Hall–Kier alpha value is -3.28. The lowest BCUT2D eigenvalue weighted by atomic mass is 9.99. The lowest BCUT2D eigenvalue weighted by Crippen LogP contribution is -2.49. The van der Waals surface area contributed by atoms with E-state index in [0.717, 1.165) is 11.6 Å². The normalized spacial score (nSPS) is 15.3. The molecule has 1 aliphatic heterocycles. The van der Waals surface area contributed by atoms with Crippen molar-refractivity contribution < 1.29 is 22.7 Å². The maximum atomic E-state index is 13.3. The van der Waals surface area contributed by atoms with Gasteiger partial charge < -0.3 is 15.0 Å². The Balaban J connectivity index is 0.00000380. The minimum Gasteiger partial charge on any atom is -0.496 e. The number of anilines is 2. The number of aryl methyl sites for hydroxylation is 3. The highest BCUT2D eigenvalue weighted by atomic mass is 32.1. The molecule has 12 heteroatoms. The fourth-order valence-corrected chi connectivity index (χ4v) is 4.52. The number of alkyl halides is 3. The summed E-state index contributed by atoms with van der Waals surface area (Å²) in [7, 11) is 3.08. The molecular formula is C25H31F3N6O2S. The molecule has 3 aromatic rings. The number of carbonyl (C=O) groups is 1. The molecule has 37 heavy (non-hydrogen) atoms. The van der Waals surface area contributed by atoms with Crippen LogP contribution in [0.25, 0.3) is 0 Å². The Morgan fingerprint density at radius 1 is 1.16 bits per heavy atom. The summed E-state index contributed by atoms with van der Waals surface area (Å²) >= 11 is 0. The number of fused-ring (bicyclic) bond motifs is 1. The van der Waals surface area contributed by atoms with Gasteiger partial charge in [0.15, 0.2) is 5.82 Å². The van der Waals surface area contributed by atoms with E-state index in [2.05, 4.69) is 15.4 Å². The number of likely N-dealkylation sites (N-methyl/N-ethyl adjacent to an activating group) is 1. The zero-order valence-corrected chi connectivity index (χ0v) is 22.3. The van der Waals surface area contributed by atoms with E-state index >= 15 is 0 Å². The summed E-state index contributed by atoms with van der Waals surface area (Å²) in [6.07, 6.45) is 0.160. The Labute approximate surface area is 220 Å². The summed E-state index contributed by atoms with van der Waals surface area (Å²) < 4.78 is 46.4. The first kappa shape index (κ1) is 28.3. The second-order valence-corrected chi connectivity index (χ2v) is 9.29. The van der Waals surface area contributed by atoms with E-state index in [0.29, 0.717) is 41.4 Å². The molecular weight excluding hydrogens is 505 g/mol. The minimum atomic E-state index is -4.50. The number of halogens is 3.